The zero-order valence-corrected chi connectivity index (χ0v) is 5.09. The number of aliphatic hydroxyl groups is 1. The first kappa shape index (κ1) is 7.43. The van der Waals surface area contributed by atoms with E-state index in [0.29, 0.717) is 0 Å². The van der Waals surface area contributed by atoms with E-state index in [9.17, 15) is 4.79 Å². The largest absolute Gasteiger partial charge is 0.383 e. The van der Waals surface area contributed by atoms with E-state index in [4.69, 9.17) is 10.8 Å². The molecule has 0 saturated heterocycles. The van der Waals surface area contributed by atoms with Gasteiger partial charge in [-0.2, -0.15) is 0 Å². The number of hydrogen-bond acceptors (Lipinski definition) is 2. The molecule has 0 rings (SSSR count). The summed E-state index contributed by atoms with van der Waals surface area (Å²) in [7, 11) is 0. The van der Waals surface area contributed by atoms with Gasteiger partial charge < -0.3 is 10.8 Å². The molecule has 0 unspecified atom stereocenters. The van der Waals surface area contributed by atoms with Gasteiger partial charge in [0.1, 0.15) is 6.10 Å². The van der Waals surface area contributed by atoms with Crippen molar-refractivity contribution in [2.45, 2.75) is 20.0 Å². The first-order valence-electron chi connectivity index (χ1n) is 2.53. The molecule has 0 saturated carbocycles. The average Bonchev–Trinajstić information content (AvgIpc) is 1.64. The van der Waals surface area contributed by atoms with Crippen LogP contribution in [-0.4, -0.2) is 17.1 Å². The van der Waals surface area contributed by atoms with Crippen LogP contribution < -0.4 is 5.73 Å². The Morgan fingerprint density at radius 1 is 1.62 bits per heavy atom. The summed E-state index contributed by atoms with van der Waals surface area (Å²) in [5, 5.41) is 8.73. The van der Waals surface area contributed by atoms with Crippen LogP contribution in [0.5, 0.6) is 0 Å². The molecular weight excluding hydrogens is 106 g/mol. The van der Waals surface area contributed by atoms with Crippen LogP contribution in [0, 0.1) is 5.92 Å². The Hall–Kier alpha value is -0.570. The molecule has 0 aliphatic heterocycles. The molecular formula is C5H11NO2. The number of primary amides is 1. The molecule has 0 heterocycles. The molecule has 0 spiro atoms. The smallest absolute Gasteiger partial charge is 0.246 e. The summed E-state index contributed by atoms with van der Waals surface area (Å²) in [4.78, 5) is 10.1. The monoisotopic (exact) mass is 117 g/mol. The van der Waals surface area contributed by atoms with E-state index in [2.05, 4.69) is 0 Å². The molecule has 1 amide bonds. The van der Waals surface area contributed by atoms with Crippen LogP contribution in [0.15, 0.2) is 0 Å². The van der Waals surface area contributed by atoms with E-state index in [-0.39, 0.29) is 5.92 Å². The first-order chi connectivity index (χ1) is 3.55. The fraction of sp³-hybridized carbons (Fsp3) is 0.800. The quantitative estimate of drug-likeness (QED) is 0.511. The van der Waals surface area contributed by atoms with Crippen LogP contribution >= 0.6 is 0 Å². The number of amides is 1. The number of carbonyl (C=O) groups excluding carboxylic acids is 1. The molecule has 3 nitrogen and oxygen atoms in total. The number of rotatable bonds is 2. The maximum absolute atomic E-state index is 10.1. The van der Waals surface area contributed by atoms with Crippen LogP contribution in [0.25, 0.3) is 0 Å². The van der Waals surface area contributed by atoms with Crippen molar-refractivity contribution in [1.29, 1.82) is 0 Å². The van der Waals surface area contributed by atoms with Gasteiger partial charge in [-0.05, 0) is 5.92 Å². The van der Waals surface area contributed by atoms with E-state index in [1.54, 1.807) is 13.8 Å². The summed E-state index contributed by atoms with van der Waals surface area (Å²) in [6.07, 6.45) is -0.991. The third kappa shape index (κ3) is 1.93. The molecule has 0 aliphatic rings. The topological polar surface area (TPSA) is 63.3 Å². The zero-order valence-electron chi connectivity index (χ0n) is 5.09. The lowest BCUT2D eigenvalue weighted by Crippen LogP contribution is -2.32. The maximum atomic E-state index is 10.1. The van der Waals surface area contributed by atoms with E-state index in [1.807, 2.05) is 0 Å². The summed E-state index contributed by atoms with van der Waals surface area (Å²) in [6.45, 7) is 3.46. The first-order valence-corrected chi connectivity index (χ1v) is 2.53. The number of aliphatic hydroxyl groups excluding tert-OH is 1. The van der Waals surface area contributed by atoms with Crippen LogP contribution in [0.2, 0.25) is 0 Å². The molecule has 0 radical (unpaired) electrons. The summed E-state index contributed by atoms with van der Waals surface area (Å²) in [6, 6.07) is 0. The molecule has 0 bridgehead atoms. The molecule has 0 fully saturated rings. The highest BCUT2D eigenvalue weighted by Crippen LogP contribution is 1.98. The molecule has 48 valence electrons. The Balaban J connectivity index is 3.64. The van der Waals surface area contributed by atoms with E-state index in [1.165, 1.54) is 0 Å². The van der Waals surface area contributed by atoms with Crippen molar-refractivity contribution in [3.05, 3.63) is 0 Å². The van der Waals surface area contributed by atoms with Crippen molar-refractivity contribution in [1.82, 2.24) is 0 Å². The Labute approximate surface area is 48.5 Å². The van der Waals surface area contributed by atoms with Gasteiger partial charge in [-0.25, -0.2) is 0 Å². The molecule has 8 heavy (non-hydrogen) atoms. The highest BCUT2D eigenvalue weighted by Gasteiger charge is 2.13. The molecule has 3 N–H and O–H groups in total. The SMILES string of the molecule is CC(C)[C@@H](O)C(N)=O. The zero-order chi connectivity index (χ0) is 6.73. The van der Waals surface area contributed by atoms with Crippen LogP contribution in [0.3, 0.4) is 0 Å². The van der Waals surface area contributed by atoms with Crippen LogP contribution in [0.4, 0.5) is 0 Å². The highest BCUT2D eigenvalue weighted by molar-refractivity contribution is 5.78. The van der Waals surface area contributed by atoms with Gasteiger partial charge in [0.05, 0.1) is 0 Å². The lowest BCUT2D eigenvalue weighted by atomic mass is 10.1. The fourth-order valence-corrected chi connectivity index (χ4v) is 0.329. The third-order valence-corrected chi connectivity index (χ3v) is 0.923. The standard InChI is InChI=1S/C5H11NO2/c1-3(2)4(7)5(6)8/h3-4,7H,1-2H3,(H2,6,8)/t4-/m1/s1. The van der Waals surface area contributed by atoms with Gasteiger partial charge in [0.25, 0.3) is 0 Å². The second-order valence-corrected chi connectivity index (χ2v) is 2.09. The predicted molar refractivity (Wildman–Crippen MR) is 30.0 cm³/mol. The molecule has 3 heteroatoms. The summed E-state index contributed by atoms with van der Waals surface area (Å²) >= 11 is 0. The Morgan fingerprint density at radius 3 is 2.00 bits per heavy atom. The molecule has 0 aromatic carbocycles. The Kier molecular flexibility index (Phi) is 2.48. The molecule has 0 aliphatic carbocycles. The van der Waals surface area contributed by atoms with Crippen molar-refractivity contribution in [2.24, 2.45) is 11.7 Å². The minimum atomic E-state index is -0.991. The second kappa shape index (κ2) is 2.67. The fourth-order valence-electron chi connectivity index (χ4n) is 0.329. The molecule has 1 atom stereocenters. The van der Waals surface area contributed by atoms with Crippen molar-refractivity contribution < 1.29 is 9.90 Å². The van der Waals surface area contributed by atoms with Crippen molar-refractivity contribution in [3.63, 3.8) is 0 Å². The lowest BCUT2D eigenvalue weighted by Gasteiger charge is -2.07. The van der Waals surface area contributed by atoms with Gasteiger partial charge >= 0.3 is 0 Å². The molecule has 0 aromatic rings. The number of hydrogen-bond donors (Lipinski definition) is 2. The Morgan fingerprint density at radius 2 is 2.00 bits per heavy atom. The number of carbonyl (C=O) groups is 1. The summed E-state index contributed by atoms with van der Waals surface area (Å²) < 4.78 is 0. The Bertz CT molecular complexity index is 90.4. The normalized spacial score (nSPS) is 14.0. The second-order valence-electron chi connectivity index (χ2n) is 2.09. The van der Waals surface area contributed by atoms with E-state index < -0.39 is 12.0 Å². The number of nitrogens with two attached hydrogens (primary N) is 1. The van der Waals surface area contributed by atoms with Crippen molar-refractivity contribution in [2.75, 3.05) is 0 Å². The van der Waals surface area contributed by atoms with Crippen molar-refractivity contribution >= 4 is 5.91 Å². The van der Waals surface area contributed by atoms with E-state index in [0.717, 1.165) is 0 Å². The van der Waals surface area contributed by atoms with Gasteiger partial charge in [-0.15, -0.1) is 0 Å². The van der Waals surface area contributed by atoms with Gasteiger partial charge in [0.15, 0.2) is 0 Å². The average molecular weight is 117 g/mol. The maximum Gasteiger partial charge on any atom is 0.246 e. The van der Waals surface area contributed by atoms with Crippen LogP contribution in [-0.2, 0) is 4.79 Å². The minimum absolute atomic E-state index is 0.0764. The van der Waals surface area contributed by atoms with Crippen molar-refractivity contribution in [3.8, 4) is 0 Å². The van der Waals surface area contributed by atoms with Gasteiger partial charge in [-0.1, -0.05) is 13.8 Å². The highest BCUT2D eigenvalue weighted by atomic mass is 16.3. The van der Waals surface area contributed by atoms with Gasteiger partial charge in [0, 0.05) is 0 Å². The lowest BCUT2D eigenvalue weighted by molar-refractivity contribution is -0.127. The van der Waals surface area contributed by atoms with Crippen LogP contribution in [0.1, 0.15) is 13.8 Å². The molecule has 0 aromatic heterocycles. The summed E-state index contributed by atoms with van der Waals surface area (Å²) in [5.74, 6) is -0.729. The summed E-state index contributed by atoms with van der Waals surface area (Å²) in [5.41, 5.74) is 4.75. The van der Waals surface area contributed by atoms with Gasteiger partial charge in [0.2, 0.25) is 5.91 Å². The van der Waals surface area contributed by atoms with Gasteiger partial charge in [-0.3, -0.25) is 4.79 Å². The predicted octanol–water partition coefficient (Wildman–Crippen LogP) is -0.511. The minimum Gasteiger partial charge on any atom is -0.383 e. The third-order valence-electron chi connectivity index (χ3n) is 0.923. The van der Waals surface area contributed by atoms with E-state index >= 15 is 0 Å².